The summed E-state index contributed by atoms with van der Waals surface area (Å²) >= 11 is 0. The number of piperidine rings is 1. The normalized spacial score (nSPS) is 22.8. The molecule has 1 N–H and O–H groups in total. The van der Waals surface area contributed by atoms with E-state index in [1.54, 1.807) is 24.3 Å². The Morgan fingerprint density at radius 2 is 1.43 bits per heavy atom. The second-order valence-corrected chi connectivity index (χ2v) is 14.8. The van der Waals surface area contributed by atoms with E-state index >= 15 is 8.78 Å². The van der Waals surface area contributed by atoms with Crippen LogP contribution in [-0.2, 0) is 20.7 Å². The lowest BCUT2D eigenvalue weighted by Gasteiger charge is -2.41. The Morgan fingerprint density at radius 3 is 2.07 bits per heavy atom. The summed E-state index contributed by atoms with van der Waals surface area (Å²) in [5, 5.41) is 0. The number of carbonyl (C=O) groups is 1. The molecule has 2 aliphatic heterocycles. The molecule has 0 aromatic heterocycles. The maximum absolute atomic E-state index is 16.5. The highest BCUT2D eigenvalue weighted by molar-refractivity contribution is 7.89. The first-order valence-electron chi connectivity index (χ1n) is 16.4. The monoisotopic (exact) mass is 652 g/mol. The topological polar surface area (TPSA) is 84.9 Å². The van der Waals surface area contributed by atoms with Gasteiger partial charge in [0.1, 0.15) is 17.2 Å². The number of hydrogen-bond donors (Lipinski definition) is 1. The van der Waals surface area contributed by atoms with Crippen LogP contribution in [0.25, 0.3) is 0 Å². The Hall–Kier alpha value is -3.50. The molecular formula is C36H42F2N2O5S. The lowest BCUT2D eigenvalue weighted by atomic mass is 9.90. The molecule has 2 saturated heterocycles. The van der Waals surface area contributed by atoms with Crippen LogP contribution >= 0.6 is 0 Å². The van der Waals surface area contributed by atoms with Gasteiger partial charge in [-0.3, -0.25) is 4.79 Å². The van der Waals surface area contributed by atoms with Crippen LogP contribution in [0.5, 0.6) is 17.2 Å². The van der Waals surface area contributed by atoms with E-state index in [9.17, 15) is 13.2 Å². The van der Waals surface area contributed by atoms with Gasteiger partial charge in [-0.05, 0) is 111 Å². The van der Waals surface area contributed by atoms with E-state index in [4.69, 9.17) is 9.47 Å². The number of fused-ring (bicyclic) bond motifs is 2. The number of amides is 1. The molecule has 6 rings (SSSR count). The highest BCUT2D eigenvalue weighted by Gasteiger charge is 2.53. The summed E-state index contributed by atoms with van der Waals surface area (Å²) in [5.74, 6) is -2.52. The van der Waals surface area contributed by atoms with E-state index < -0.39 is 33.5 Å². The van der Waals surface area contributed by atoms with Gasteiger partial charge in [0, 0.05) is 17.6 Å². The van der Waals surface area contributed by atoms with E-state index in [-0.39, 0.29) is 17.0 Å². The van der Waals surface area contributed by atoms with Gasteiger partial charge in [0.15, 0.2) is 6.04 Å². The molecule has 0 spiro atoms. The number of hydrogen-bond acceptors (Lipinski definition) is 5. The molecule has 1 aliphatic carbocycles. The molecule has 3 aromatic rings. The van der Waals surface area contributed by atoms with Gasteiger partial charge in [-0.25, -0.2) is 8.42 Å². The van der Waals surface area contributed by atoms with Crippen molar-refractivity contribution in [3.63, 3.8) is 0 Å². The second-order valence-electron chi connectivity index (χ2n) is 13.1. The molecule has 3 fully saturated rings. The minimum atomic E-state index is -4.52. The van der Waals surface area contributed by atoms with Crippen molar-refractivity contribution in [2.45, 2.75) is 93.7 Å². The van der Waals surface area contributed by atoms with Crippen LogP contribution in [0.2, 0.25) is 0 Å². The molecule has 1 amide bonds. The number of ether oxygens (including phenoxy) is 2. The van der Waals surface area contributed by atoms with Gasteiger partial charge in [0.05, 0.1) is 11.5 Å². The van der Waals surface area contributed by atoms with Crippen LogP contribution in [0.4, 0.5) is 8.78 Å². The molecular weight excluding hydrogens is 610 g/mol. The molecule has 3 aliphatic rings. The third-order valence-electron chi connectivity index (χ3n) is 9.67. The summed E-state index contributed by atoms with van der Waals surface area (Å²) in [6.45, 7) is 2.66. The summed E-state index contributed by atoms with van der Waals surface area (Å²) in [6.07, 6.45) is 8.70. The molecule has 0 radical (unpaired) electrons. The number of alkyl halides is 2. The van der Waals surface area contributed by atoms with Gasteiger partial charge in [-0.15, -0.1) is 0 Å². The SMILES string of the molecule is CC1CC2CCC(C1)N2C(=O)C(NS(=O)(=O)c1ccc(OCC2CCCCC2)cc1)C(F)(F)c1ccc(Oc2ccccc2)cc1. The van der Waals surface area contributed by atoms with E-state index in [0.29, 0.717) is 48.5 Å². The van der Waals surface area contributed by atoms with Gasteiger partial charge in [-0.2, -0.15) is 13.5 Å². The number of halogens is 2. The third kappa shape index (κ3) is 7.23. The van der Waals surface area contributed by atoms with Crippen molar-refractivity contribution >= 4 is 15.9 Å². The van der Waals surface area contributed by atoms with E-state index in [1.165, 1.54) is 72.7 Å². The summed E-state index contributed by atoms with van der Waals surface area (Å²) in [4.78, 5) is 15.4. The molecule has 3 atom stereocenters. The molecule has 7 nitrogen and oxygen atoms in total. The first-order valence-corrected chi connectivity index (χ1v) is 17.9. The Bertz CT molecular complexity index is 1560. The smallest absolute Gasteiger partial charge is 0.298 e. The Kier molecular flexibility index (Phi) is 9.66. The van der Waals surface area contributed by atoms with Gasteiger partial charge < -0.3 is 14.4 Å². The number of para-hydroxylation sites is 1. The molecule has 10 heteroatoms. The number of carbonyl (C=O) groups excluding carboxylic acids is 1. The van der Waals surface area contributed by atoms with Crippen molar-refractivity contribution in [1.82, 2.24) is 9.62 Å². The first kappa shape index (κ1) is 32.4. The fourth-order valence-electron chi connectivity index (χ4n) is 7.28. The van der Waals surface area contributed by atoms with Crippen LogP contribution < -0.4 is 14.2 Å². The number of sulfonamides is 1. The fourth-order valence-corrected chi connectivity index (χ4v) is 8.47. The van der Waals surface area contributed by atoms with Crippen molar-refractivity contribution in [3.05, 3.63) is 84.4 Å². The summed E-state index contributed by atoms with van der Waals surface area (Å²) < 4.78 is 74.0. The number of benzene rings is 3. The fraction of sp³-hybridized carbons (Fsp3) is 0.472. The third-order valence-corrected chi connectivity index (χ3v) is 11.1. The molecule has 46 heavy (non-hydrogen) atoms. The summed E-state index contributed by atoms with van der Waals surface area (Å²) in [6, 6.07) is 17.1. The van der Waals surface area contributed by atoms with Crippen molar-refractivity contribution in [3.8, 4) is 17.2 Å². The highest BCUT2D eigenvalue weighted by atomic mass is 32.2. The zero-order chi connectivity index (χ0) is 32.3. The Labute approximate surface area is 270 Å². The lowest BCUT2D eigenvalue weighted by molar-refractivity contribution is -0.149. The van der Waals surface area contributed by atoms with E-state index in [2.05, 4.69) is 11.6 Å². The summed E-state index contributed by atoms with van der Waals surface area (Å²) in [5.41, 5.74) is -0.488. The van der Waals surface area contributed by atoms with Crippen LogP contribution in [0, 0.1) is 11.8 Å². The van der Waals surface area contributed by atoms with Crippen LogP contribution in [0.15, 0.2) is 83.8 Å². The predicted octanol–water partition coefficient (Wildman–Crippen LogP) is 7.67. The van der Waals surface area contributed by atoms with E-state index in [0.717, 1.165) is 25.7 Å². The minimum absolute atomic E-state index is 0.189. The number of nitrogens with zero attached hydrogens (tertiary/aromatic N) is 1. The maximum Gasteiger partial charge on any atom is 0.298 e. The average molecular weight is 653 g/mol. The molecule has 3 aromatic carbocycles. The van der Waals surface area contributed by atoms with Gasteiger partial charge in [-0.1, -0.05) is 44.4 Å². The number of rotatable bonds is 11. The van der Waals surface area contributed by atoms with Gasteiger partial charge >= 0.3 is 0 Å². The second kappa shape index (κ2) is 13.7. The zero-order valence-electron chi connectivity index (χ0n) is 26.1. The van der Waals surface area contributed by atoms with Crippen LogP contribution in [0.3, 0.4) is 0 Å². The Balaban J connectivity index is 1.24. The summed E-state index contributed by atoms with van der Waals surface area (Å²) in [7, 11) is -4.52. The van der Waals surface area contributed by atoms with Crippen LogP contribution in [0.1, 0.15) is 70.3 Å². The van der Waals surface area contributed by atoms with Gasteiger partial charge in [0.2, 0.25) is 15.9 Å². The van der Waals surface area contributed by atoms with Gasteiger partial charge in [0.25, 0.3) is 5.92 Å². The lowest BCUT2D eigenvalue weighted by Crippen LogP contribution is -2.59. The Morgan fingerprint density at radius 1 is 0.848 bits per heavy atom. The quantitative estimate of drug-likeness (QED) is 0.230. The molecule has 1 saturated carbocycles. The molecule has 246 valence electrons. The number of nitrogens with one attached hydrogen (secondary N) is 1. The molecule has 3 unspecified atom stereocenters. The highest BCUT2D eigenvalue weighted by Crippen LogP contribution is 2.42. The standard InChI is InChI=1S/C36H42F2N2O5S/c1-25-22-28-14-15-29(23-25)40(28)35(41)34(36(37,38)27-12-16-32(17-13-27)45-31-10-6-3-7-11-31)39-46(42,43)33-20-18-30(19-21-33)44-24-26-8-4-2-5-9-26/h3,6-7,10-13,16-21,25-26,28-29,34,39H,2,4-5,8-9,14-15,22-24H2,1H3. The first-order chi connectivity index (χ1) is 22.1. The van der Waals surface area contributed by atoms with Crippen LogP contribution in [-0.4, -0.2) is 44.0 Å². The van der Waals surface area contributed by atoms with Crippen molar-refractivity contribution < 1.29 is 31.5 Å². The van der Waals surface area contributed by atoms with Crippen molar-refractivity contribution in [2.75, 3.05) is 6.61 Å². The van der Waals surface area contributed by atoms with Crippen molar-refractivity contribution in [2.24, 2.45) is 11.8 Å². The maximum atomic E-state index is 16.5. The molecule has 2 heterocycles. The van der Waals surface area contributed by atoms with Crippen molar-refractivity contribution in [1.29, 1.82) is 0 Å². The largest absolute Gasteiger partial charge is 0.493 e. The predicted molar refractivity (Wildman–Crippen MR) is 172 cm³/mol. The average Bonchev–Trinajstić information content (AvgIpc) is 3.34. The minimum Gasteiger partial charge on any atom is -0.493 e. The zero-order valence-corrected chi connectivity index (χ0v) is 26.9. The van der Waals surface area contributed by atoms with E-state index in [1.807, 2.05) is 6.07 Å². The molecule has 2 bridgehead atoms.